The molecule has 1 fully saturated rings. The molecule has 0 saturated carbocycles. The van der Waals surface area contributed by atoms with Crippen molar-refractivity contribution >= 4 is 26.0 Å². The highest BCUT2D eigenvalue weighted by atomic mass is 79.9. The molecule has 1 aromatic rings. The average Bonchev–Trinajstić information content (AvgIpc) is 2.32. The minimum Gasteiger partial charge on any atom is -0.391 e. The molecule has 2 rings (SSSR count). The second kappa shape index (κ2) is 5.24. The molecule has 100 valence electrons. The highest BCUT2D eigenvalue weighted by molar-refractivity contribution is 9.10. The molecule has 5 nitrogen and oxygen atoms in total. The zero-order valence-electron chi connectivity index (χ0n) is 9.95. The Morgan fingerprint density at radius 2 is 2.22 bits per heavy atom. The number of aliphatic hydroxyl groups is 1. The first-order valence-corrected chi connectivity index (χ1v) is 7.93. The van der Waals surface area contributed by atoms with Crippen molar-refractivity contribution in [3.05, 3.63) is 22.9 Å². The van der Waals surface area contributed by atoms with Gasteiger partial charge in [0.15, 0.2) is 0 Å². The van der Waals surface area contributed by atoms with E-state index in [1.54, 1.807) is 0 Å². The Bertz CT molecular complexity index is 535. The van der Waals surface area contributed by atoms with E-state index < -0.39 is 16.1 Å². The van der Waals surface area contributed by atoms with Crippen molar-refractivity contribution in [3.63, 3.8) is 0 Å². The lowest BCUT2D eigenvalue weighted by atomic mass is 9.98. The van der Waals surface area contributed by atoms with Gasteiger partial charge < -0.3 is 5.11 Å². The number of pyridine rings is 1. The highest BCUT2D eigenvalue weighted by Gasteiger charge is 2.32. The molecular weight excluding hydrogens is 320 g/mol. The summed E-state index contributed by atoms with van der Waals surface area (Å²) < 4.78 is 26.6. The Hall–Kier alpha value is -0.500. The summed E-state index contributed by atoms with van der Waals surface area (Å²) in [5, 5.41) is 9.78. The molecule has 0 aliphatic carbocycles. The maximum atomic E-state index is 12.3. The lowest BCUT2D eigenvalue weighted by Gasteiger charge is -2.33. The molecule has 0 bridgehead atoms. The van der Waals surface area contributed by atoms with Crippen LogP contribution in [0.1, 0.15) is 13.3 Å². The van der Waals surface area contributed by atoms with E-state index in [9.17, 15) is 13.5 Å². The van der Waals surface area contributed by atoms with E-state index in [-0.39, 0.29) is 17.4 Å². The first kappa shape index (κ1) is 13.9. The van der Waals surface area contributed by atoms with Gasteiger partial charge in [-0.05, 0) is 34.3 Å². The minimum absolute atomic E-state index is 0.136. The maximum Gasteiger partial charge on any atom is 0.244 e. The Morgan fingerprint density at radius 1 is 1.50 bits per heavy atom. The van der Waals surface area contributed by atoms with Crippen LogP contribution in [-0.4, -0.2) is 42.0 Å². The molecule has 18 heavy (non-hydrogen) atoms. The smallest absolute Gasteiger partial charge is 0.244 e. The molecule has 0 radical (unpaired) electrons. The third-order valence-corrected chi connectivity index (χ3v) is 5.46. The van der Waals surface area contributed by atoms with E-state index in [0.29, 0.717) is 17.4 Å². The number of aromatic nitrogens is 1. The molecule has 2 atom stereocenters. The number of rotatable bonds is 2. The van der Waals surface area contributed by atoms with Crippen LogP contribution in [-0.2, 0) is 10.0 Å². The quantitative estimate of drug-likeness (QED) is 0.883. The van der Waals surface area contributed by atoms with Crippen LogP contribution in [0, 0.1) is 5.92 Å². The summed E-state index contributed by atoms with van der Waals surface area (Å²) in [6.07, 6.45) is 2.92. The van der Waals surface area contributed by atoms with Crippen LogP contribution in [0.5, 0.6) is 0 Å². The molecule has 1 aromatic heterocycles. The van der Waals surface area contributed by atoms with Crippen molar-refractivity contribution in [3.8, 4) is 0 Å². The van der Waals surface area contributed by atoms with E-state index >= 15 is 0 Å². The fourth-order valence-electron chi connectivity index (χ4n) is 1.92. The molecule has 2 unspecified atom stereocenters. The van der Waals surface area contributed by atoms with Crippen molar-refractivity contribution in [2.24, 2.45) is 5.92 Å². The van der Waals surface area contributed by atoms with E-state index in [0.717, 1.165) is 0 Å². The lowest BCUT2D eigenvalue weighted by Crippen LogP contribution is -2.45. The van der Waals surface area contributed by atoms with Crippen molar-refractivity contribution < 1.29 is 13.5 Å². The zero-order chi connectivity index (χ0) is 13.3. The molecule has 1 aliphatic rings. The molecular formula is C11H15BrN2O3S. The average molecular weight is 335 g/mol. The van der Waals surface area contributed by atoms with Gasteiger partial charge in [-0.25, -0.2) is 8.42 Å². The van der Waals surface area contributed by atoms with Crippen molar-refractivity contribution in [1.82, 2.24) is 9.29 Å². The number of piperidine rings is 1. The van der Waals surface area contributed by atoms with Crippen LogP contribution in [0.25, 0.3) is 0 Å². The zero-order valence-corrected chi connectivity index (χ0v) is 12.4. The van der Waals surface area contributed by atoms with E-state index in [2.05, 4.69) is 20.9 Å². The first-order valence-electron chi connectivity index (χ1n) is 5.70. The third kappa shape index (κ3) is 2.74. The number of aliphatic hydroxyl groups excluding tert-OH is 1. The fourth-order valence-corrected chi connectivity index (χ4v) is 3.90. The van der Waals surface area contributed by atoms with Crippen LogP contribution in [0.3, 0.4) is 0 Å². The lowest BCUT2D eigenvalue weighted by molar-refractivity contribution is 0.0605. The predicted octanol–water partition coefficient (Wildman–Crippen LogP) is 1.24. The monoisotopic (exact) mass is 334 g/mol. The minimum atomic E-state index is -3.56. The molecule has 0 spiro atoms. The van der Waals surface area contributed by atoms with Crippen molar-refractivity contribution in [2.75, 3.05) is 13.1 Å². The van der Waals surface area contributed by atoms with Crippen LogP contribution in [0.4, 0.5) is 0 Å². The van der Waals surface area contributed by atoms with Gasteiger partial charge in [-0.3, -0.25) is 4.98 Å². The van der Waals surface area contributed by atoms with Crippen molar-refractivity contribution in [2.45, 2.75) is 24.3 Å². The second-order valence-electron chi connectivity index (χ2n) is 4.54. The summed E-state index contributed by atoms with van der Waals surface area (Å²) in [6.45, 7) is 2.51. The van der Waals surface area contributed by atoms with Gasteiger partial charge in [0.05, 0.1) is 6.10 Å². The third-order valence-electron chi connectivity index (χ3n) is 3.20. The molecule has 1 N–H and O–H groups in total. The van der Waals surface area contributed by atoms with Gasteiger partial charge in [-0.2, -0.15) is 4.31 Å². The second-order valence-corrected chi connectivity index (χ2v) is 7.39. The number of halogens is 1. The molecule has 0 aromatic carbocycles. The van der Waals surface area contributed by atoms with Gasteiger partial charge in [-0.1, -0.05) is 6.92 Å². The Morgan fingerprint density at radius 3 is 2.83 bits per heavy atom. The number of nitrogens with zero attached hydrogens (tertiary/aromatic N) is 2. The SMILES string of the molecule is CC1CCN(S(=O)(=O)c2cncc(Br)c2)CC1O. The van der Waals surface area contributed by atoms with Crippen LogP contribution in [0.15, 0.2) is 27.8 Å². The summed E-state index contributed by atoms with van der Waals surface area (Å²) in [6, 6.07) is 1.52. The molecule has 0 amide bonds. The summed E-state index contributed by atoms with van der Waals surface area (Å²) in [5.41, 5.74) is 0. The standard InChI is InChI=1S/C11H15BrN2O3S/c1-8-2-3-14(7-11(8)15)18(16,17)10-4-9(12)5-13-6-10/h4-6,8,11,15H,2-3,7H2,1H3. The topological polar surface area (TPSA) is 70.5 Å². The highest BCUT2D eigenvalue weighted by Crippen LogP contribution is 2.24. The van der Waals surface area contributed by atoms with Crippen molar-refractivity contribution in [1.29, 1.82) is 0 Å². The summed E-state index contributed by atoms with van der Waals surface area (Å²) in [7, 11) is -3.56. The van der Waals surface area contributed by atoms with Gasteiger partial charge >= 0.3 is 0 Å². The molecule has 7 heteroatoms. The molecule has 1 saturated heterocycles. The van der Waals surface area contributed by atoms with Gasteiger partial charge in [-0.15, -0.1) is 0 Å². The van der Waals surface area contributed by atoms with Gasteiger partial charge in [0.2, 0.25) is 10.0 Å². The summed E-state index contributed by atoms with van der Waals surface area (Å²) in [5.74, 6) is 0.136. The predicted molar refractivity (Wildman–Crippen MR) is 70.5 cm³/mol. The van der Waals surface area contributed by atoms with Gasteiger partial charge in [0, 0.05) is 30.0 Å². The van der Waals surface area contributed by atoms with Gasteiger partial charge in [0.25, 0.3) is 0 Å². The van der Waals surface area contributed by atoms with Crippen LogP contribution < -0.4 is 0 Å². The Balaban J connectivity index is 2.27. The Kier molecular flexibility index (Phi) is 4.05. The Labute approximate surface area is 115 Å². The van der Waals surface area contributed by atoms with Gasteiger partial charge in [0.1, 0.15) is 4.90 Å². The maximum absolute atomic E-state index is 12.3. The van der Waals surface area contributed by atoms with Crippen LogP contribution in [0.2, 0.25) is 0 Å². The normalized spacial score (nSPS) is 26.2. The summed E-state index contributed by atoms with van der Waals surface area (Å²) >= 11 is 3.21. The van der Waals surface area contributed by atoms with E-state index in [1.807, 2.05) is 6.92 Å². The largest absolute Gasteiger partial charge is 0.391 e. The number of sulfonamides is 1. The number of β-amino-alcohol motifs (C(OH)–C–C–N with tert-alkyl or cyclic N) is 1. The first-order chi connectivity index (χ1) is 8.41. The van der Waals surface area contributed by atoms with E-state index in [1.165, 1.54) is 22.8 Å². The number of hydrogen-bond donors (Lipinski definition) is 1. The molecule has 1 aliphatic heterocycles. The van der Waals surface area contributed by atoms with Crippen LogP contribution >= 0.6 is 15.9 Å². The van der Waals surface area contributed by atoms with E-state index in [4.69, 9.17) is 0 Å². The molecule has 2 heterocycles. The number of hydrogen-bond acceptors (Lipinski definition) is 4. The fraction of sp³-hybridized carbons (Fsp3) is 0.545. The summed E-state index contributed by atoms with van der Waals surface area (Å²) in [4.78, 5) is 4.02.